The van der Waals surface area contributed by atoms with Crippen molar-refractivity contribution in [3.05, 3.63) is 0 Å². The third-order valence-electron chi connectivity index (χ3n) is 3.92. The average molecular weight is 182 g/mol. The molecule has 0 amide bonds. The second-order valence-electron chi connectivity index (χ2n) is 4.35. The summed E-state index contributed by atoms with van der Waals surface area (Å²) in [6, 6.07) is 0. The molecule has 1 heterocycles. The van der Waals surface area contributed by atoms with E-state index in [4.69, 9.17) is 9.31 Å². The van der Waals surface area contributed by atoms with Crippen molar-refractivity contribution in [1.82, 2.24) is 0 Å². The maximum Gasteiger partial charge on any atom is 0.454 e. The van der Waals surface area contributed by atoms with Gasteiger partial charge in [0.15, 0.2) is 0 Å². The Morgan fingerprint density at radius 2 is 1.54 bits per heavy atom. The number of rotatable bonds is 2. The van der Waals surface area contributed by atoms with Crippen LogP contribution in [0.2, 0.25) is 6.82 Å². The first-order valence-electron chi connectivity index (χ1n) is 5.54. The summed E-state index contributed by atoms with van der Waals surface area (Å²) in [6.45, 7) is 6.46. The summed E-state index contributed by atoms with van der Waals surface area (Å²) in [7, 11) is 0.000185. The van der Waals surface area contributed by atoms with E-state index in [0.29, 0.717) is 0 Å². The van der Waals surface area contributed by atoms with Gasteiger partial charge in [-0.15, -0.1) is 0 Å². The number of hydrogen-bond acceptors (Lipinski definition) is 2. The van der Waals surface area contributed by atoms with Gasteiger partial charge in [-0.25, -0.2) is 0 Å². The second-order valence-corrected chi connectivity index (χ2v) is 4.35. The van der Waals surface area contributed by atoms with Crippen LogP contribution in [0, 0.1) is 0 Å². The van der Waals surface area contributed by atoms with Crippen molar-refractivity contribution in [2.45, 2.75) is 64.0 Å². The van der Waals surface area contributed by atoms with E-state index in [-0.39, 0.29) is 18.3 Å². The molecule has 0 bridgehead atoms. The largest absolute Gasteiger partial charge is 0.454 e. The molecule has 0 N–H and O–H groups in total. The monoisotopic (exact) mass is 182 g/mol. The van der Waals surface area contributed by atoms with Gasteiger partial charge in [-0.1, -0.05) is 13.8 Å². The van der Waals surface area contributed by atoms with Gasteiger partial charge in [0.1, 0.15) is 0 Å². The molecule has 2 rings (SSSR count). The molecule has 0 aromatic carbocycles. The Kier molecular flexibility index (Phi) is 2.19. The summed E-state index contributed by atoms with van der Waals surface area (Å²) in [5.41, 5.74) is 0.0856. The Morgan fingerprint density at radius 1 is 1.08 bits per heavy atom. The van der Waals surface area contributed by atoms with E-state index in [2.05, 4.69) is 13.8 Å². The van der Waals surface area contributed by atoms with Gasteiger partial charge in [0.25, 0.3) is 0 Å². The van der Waals surface area contributed by atoms with Crippen molar-refractivity contribution in [1.29, 1.82) is 0 Å². The second kappa shape index (κ2) is 2.99. The highest BCUT2D eigenvalue weighted by Crippen LogP contribution is 2.53. The molecule has 2 nitrogen and oxygen atoms in total. The standard InChI is InChI=1S/C10H19BO2/c1-4-9-7-6-8-10(9,5-2)13-11(3)12-9/h4-8H2,1-3H3/t9-,10+. The minimum Gasteiger partial charge on any atom is -0.403 e. The van der Waals surface area contributed by atoms with Crippen molar-refractivity contribution in [3.63, 3.8) is 0 Å². The molecule has 3 heteroatoms. The molecule has 0 spiro atoms. The summed E-state index contributed by atoms with van der Waals surface area (Å²) in [4.78, 5) is 0. The molecule has 0 radical (unpaired) electrons. The molecule has 1 saturated carbocycles. The van der Waals surface area contributed by atoms with Gasteiger partial charge in [-0.3, -0.25) is 0 Å². The first-order valence-corrected chi connectivity index (χ1v) is 5.54. The van der Waals surface area contributed by atoms with E-state index in [1.54, 1.807) is 0 Å². The number of hydrogen-bond donors (Lipinski definition) is 0. The molecule has 0 unspecified atom stereocenters. The smallest absolute Gasteiger partial charge is 0.403 e. The van der Waals surface area contributed by atoms with Gasteiger partial charge in [-0.2, -0.15) is 0 Å². The molecule has 0 aromatic rings. The first-order chi connectivity index (χ1) is 6.18. The SMILES string of the molecule is CC[C@@]12CCC[C@]1(CC)OB(C)O2. The molecular weight excluding hydrogens is 163 g/mol. The molecular formula is C10H19BO2. The van der Waals surface area contributed by atoms with Crippen LogP contribution in [0.25, 0.3) is 0 Å². The fourth-order valence-electron chi connectivity index (χ4n) is 3.27. The lowest BCUT2D eigenvalue weighted by molar-refractivity contribution is -0.0281. The van der Waals surface area contributed by atoms with Crippen LogP contribution in [0.4, 0.5) is 0 Å². The maximum absolute atomic E-state index is 5.99. The highest BCUT2D eigenvalue weighted by Gasteiger charge is 2.60. The lowest BCUT2D eigenvalue weighted by atomic mass is 9.82. The summed E-state index contributed by atoms with van der Waals surface area (Å²) in [5, 5.41) is 0. The Labute approximate surface area is 81.1 Å². The Balaban J connectivity index is 2.30. The Bertz CT molecular complexity index is 189. The van der Waals surface area contributed by atoms with Crippen LogP contribution in [0.1, 0.15) is 46.0 Å². The molecule has 0 aromatic heterocycles. The third-order valence-corrected chi connectivity index (χ3v) is 3.92. The Hall–Kier alpha value is -0.0151. The van der Waals surface area contributed by atoms with Gasteiger partial charge >= 0.3 is 7.12 Å². The first kappa shape index (κ1) is 9.54. The predicted octanol–water partition coefficient (Wildman–Crippen LogP) is 2.63. The zero-order valence-corrected chi connectivity index (χ0v) is 8.93. The highest BCUT2D eigenvalue weighted by atomic mass is 16.7. The fraction of sp³-hybridized carbons (Fsp3) is 1.00. The van der Waals surface area contributed by atoms with Crippen LogP contribution < -0.4 is 0 Å². The third kappa shape index (κ3) is 1.10. The molecule has 74 valence electrons. The minimum absolute atomic E-state index is 0.000185. The van der Waals surface area contributed by atoms with Crippen molar-refractivity contribution in [3.8, 4) is 0 Å². The van der Waals surface area contributed by atoms with Gasteiger partial charge in [-0.05, 0) is 38.9 Å². The quantitative estimate of drug-likeness (QED) is 0.611. The van der Waals surface area contributed by atoms with Crippen LogP contribution in [-0.4, -0.2) is 18.3 Å². The zero-order chi connectivity index (χ0) is 9.53. The average Bonchev–Trinajstić information content (AvgIpc) is 2.56. The topological polar surface area (TPSA) is 18.5 Å². The molecule has 1 aliphatic carbocycles. The lowest BCUT2D eigenvalue weighted by Crippen LogP contribution is -2.46. The van der Waals surface area contributed by atoms with Crippen molar-refractivity contribution in [2.24, 2.45) is 0 Å². The van der Waals surface area contributed by atoms with Gasteiger partial charge in [0, 0.05) is 0 Å². The highest BCUT2D eigenvalue weighted by molar-refractivity contribution is 6.43. The van der Waals surface area contributed by atoms with Gasteiger partial charge < -0.3 is 9.31 Å². The fourth-order valence-corrected chi connectivity index (χ4v) is 3.27. The molecule has 2 atom stereocenters. The zero-order valence-electron chi connectivity index (χ0n) is 8.93. The summed E-state index contributed by atoms with van der Waals surface area (Å²) in [5.74, 6) is 0. The normalized spacial score (nSPS) is 44.1. The van der Waals surface area contributed by atoms with Crippen molar-refractivity contribution in [2.75, 3.05) is 0 Å². The van der Waals surface area contributed by atoms with Crippen molar-refractivity contribution < 1.29 is 9.31 Å². The molecule has 2 fully saturated rings. The van der Waals surface area contributed by atoms with E-state index in [9.17, 15) is 0 Å². The van der Waals surface area contributed by atoms with Crippen LogP contribution >= 0.6 is 0 Å². The molecule has 1 saturated heterocycles. The van der Waals surface area contributed by atoms with E-state index >= 15 is 0 Å². The molecule has 1 aliphatic heterocycles. The van der Waals surface area contributed by atoms with Crippen LogP contribution in [0.3, 0.4) is 0 Å². The predicted molar refractivity (Wildman–Crippen MR) is 53.7 cm³/mol. The summed E-state index contributed by atoms with van der Waals surface area (Å²) >= 11 is 0. The Morgan fingerprint density at radius 3 is 1.92 bits per heavy atom. The van der Waals surface area contributed by atoms with Crippen LogP contribution in [0.5, 0.6) is 0 Å². The van der Waals surface area contributed by atoms with E-state index < -0.39 is 0 Å². The van der Waals surface area contributed by atoms with E-state index in [1.807, 2.05) is 6.82 Å². The number of fused-ring (bicyclic) bond motifs is 1. The summed E-state index contributed by atoms with van der Waals surface area (Å²) in [6.07, 6.45) is 5.80. The van der Waals surface area contributed by atoms with Gasteiger partial charge in [0.05, 0.1) is 11.2 Å². The molecule has 13 heavy (non-hydrogen) atoms. The summed E-state index contributed by atoms with van der Waals surface area (Å²) < 4.78 is 12.0. The maximum atomic E-state index is 5.99. The van der Waals surface area contributed by atoms with Crippen LogP contribution in [-0.2, 0) is 9.31 Å². The van der Waals surface area contributed by atoms with Crippen molar-refractivity contribution >= 4 is 7.12 Å². The van der Waals surface area contributed by atoms with E-state index in [1.165, 1.54) is 19.3 Å². The van der Waals surface area contributed by atoms with Crippen LogP contribution in [0.15, 0.2) is 0 Å². The minimum atomic E-state index is 0.000185. The van der Waals surface area contributed by atoms with Gasteiger partial charge in [0.2, 0.25) is 0 Å². The lowest BCUT2D eigenvalue weighted by Gasteiger charge is -2.37. The van der Waals surface area contributed by atoms with E-state index in [0.717, 1.165) is 12.8 Å². The molecule has 2 aliphatic rings.